The number of phenolic OH excluding ortho intramolecular Hbond substituents is 1. The minimum Gasteiger partial charge on any atom is -0.507 e. The molecule has 2 aromatic rings. The van der Waals surface area contributed by atoms with Crippen LogP contribution in [0.15, 0.2) is 36.4 Å². The normalized spacial score (nSPS) is 12.3. The highest BCUT2D eigenvalue weighted by Crippen LogP contribution is 2.39. The number of rotatable bonds is 3. The monoisotopic (exact) mass is 411 g/mol. The van der Waals surface area contributed by atoms with Crippen LogP contribution in [0.5, 0.6) is 5.75 Å². The van der Waals surface area contributed by atoms with E-state index in [4.69, 9.17) is 0 Å². The van der Waals surface area contributed by atoms with Crippen LogP contribution in [0.4, 0.5) is 5.69 Å². The van der Waals surface area contributed by atoms with Crippen molar-refractivity contribution >= 4 is 11.6 Å². The first-order valence-electron chi connectivity index (χ1n) is 10.4. The van der Waals surface area contributed by atoms with Crippen LogP contribution >= 0.6 is 0 Å². The number of hydrogen-bond acceptors (Lipinski definition) is 2. The first kappa shape index (κ1) is 25.7. The Kier molecular flexibility index (Phi) is 7.58. The Morgan fingerprint density at radius 1 is 0.800 bits per heavy atom. The third-order valence-corrected chi connectivity index (χ3v) is 5.19. The lowest BCUT2D eigenvalue weighted by Crippen LogP contribution is -2.20. The molecule has 0 aliphatic rings. The van der Waals surface area contributed by atoms with Crippen molar-refractivity contribution in [3.63, 3.8) is 0 Å². The first-order valence-corrected chi connectivity index (χ1v) is 10.4. The lowest BCUT2D eigenvalue weighted by molar-refractivity contribution is -0.115. The molecule has 0 bridgehead atoms. The number of hydrogen-bond donors (Lipinski definition) is 2. The highest BCUT2D eigenvalue weighted by atomic mass is 16.3. The predicted molar refractivity (Wildman–Crippen MR) is 130 cm³/mol. The standard InChI is InChI=1S/C26H37NO2.CH4/c1-24(2,3)18-10-12-19(13-11-18)27-22(28)16-17-14-20(25(4,5)6)23(29)21(15-17)26(7,8)9;/h10-15,29H,16H2,1-9H3,(H,27,28);1H4. The van der Waals surface area contributed by atoms with E-state index in [1.807, 2.05) is 24.3 Å². The van der Waals surface area contributed by atoms with Crippen LogP contribution in [0.3, 0.4) is 0 Å². The Hall–Kier alpha value is -2.29. The Labute approximate surface area is 183 Å². The van der Waals surface area contributed by atoms with Crippen LogP contribution in [0.2, 0.25) is 0 Å². The van der Waals surface area contributed by atoms with Gasteiger partial charge in [-0.15, -0.1) is 0 Å². The minimum absolute atomic E-state index is 0. The van der Waals surface area contributed by atoms with E-state index < -0.39 is 0 Å². The molecule has 0 heterocycles. The number of amides is 1. The molecule has 3 heteroatoms. The predicted octanol–water partition coefficient (Wildman–Crippen LogP) is 7.10. The molecular weight excluding hydrogens is 370 g/mol. The number of benzene rings is 2. The summed E-state index contributed by atoms with van der Waals surface area (Å²) in [5, 5.41) is 13.8. The van der Waals surface area contributed by atoms with Gasteiger partial charge in [0.1, 0.15) is 5.75 Å². The molecular formula is C27H41NO2. The van der Waals surface area contributed by atoms with E-state index in [1.54, 1.807) is 0 Å². The van der Waals surface area contributed by atoms with E-state index >= 15 is 0 Å². The third-order valence-electron chi connectivity index (χ3n) is 5.19. The van der Waals surface area contributed by atoms with Gasteiger partial charge in [0.25, 0.3) is 0 Å². The van der Waals surface area contributed by atoms with Crippen LogP contribution in [0, 0.1) is 0 Å². The summed E-state index contributed by atoms with van der Waals surface area (Å²) >= 11 is 0. The lowest BCUT2D eigenvalue weighted by atomic mass is 9.78. The van der Waals surface area contributed by atoms with E-state index in [9.17, 15) is 9.90 Å². The summed E-state index contributed by atoms with van der Waals surface area (Å²) in [5.41, 5.74) is 4.37. The summed E-state index contributed by atoms with van der Waals surface area (Å²) in [6, 6.07) is 12.0. The summed E-state index contributed by atoms with van der Waals surface area (Å²) < 4.78 is 0. The highest BCUT2D eigenvalue weighted by Gasteiger charge is 2.27. The van der Waals surface area contributed by atoms with E-state index in [1.165, 1.54) is 5.56 Å². The average molecular weight is 412 g/mol. The van der Waals surface area contributed by atoms with Crippen LogP contribution in [0.25, 0.3) is 0 Å². The summed E-state index contributed by atoms with van der Waals surface area (Å²) in [4.78, 5) is 12.7. The van der Waals surface area contributed by atoms with Crippen molar-refractivity contribution < 1.29 is 9.90 Å². The summed E-state index contributed by atoms with van der Waals surface area (Å²) in [6.07, 6.45) is 0.271. The Bertz CT molecular complexity index is 838. The smallest absolute Gasteiger partial charge is 0.228 e. The fraction of sp³-hybridized carbons (Fsp3) is 0.519. The van der Waals surface area contributed by atoms with E-state index in [0.717, 1.165) is 22.4 Å². The second-order valence-electron chi connectivity index (χ2n) is 11.1. The van der Waals surface area contributed by atoms with Crippen molar-refractivity contribution in [2.45, 2.75) is 92.4 Å². The van der Waals surface area contributed by atoms with Gasteiger partial charge in [-0.25, -0.2) is 0 Å². The van der Waals surface area contributed by atoms with E-state index in [2.05, 4.69) is 79.8 Å². The van der Waals surface area contributed by atoms with Crippen LogP contribution in [-0.4, -0.2) is 11.0 Å². The maximum atomic E-state index is 12.7. The molecule has 3 nitrogen and oxygen atoms in total. The van der Waals surface area contributed by atoms with E-state index in [0.29, 0.717) is 5.75 Å². The molecule has 2 aromatic carbocycles. The number of nitrogens with one attached hydrogen (secondary N) is 1. The van der Waals surface area contributed by atoms with Gasteiger partial charge in [0.2, 0.25) is 5.91 Å². The molecule has 2 rings (SSSR count). The Balaban J connectivity index is 0.00000450. The van der Waals surface area contributed by atoms with Gasteiger partial charge in [-0.05, 0) is 50.6 Å². The van der Waals surface area contributed by atoms with Crippen molar-refractivity contribution in [2.75, 3.05) is 5.32 Å². The largest absolute Gasteiger partial charge is 0.507 e. The van der Waals surface area contributed by atoms with Gasteiger partial charge in [0.15, 0.2) is 0 Å². The van der Waals surface area contributed by atoms with Crippen molar-refractivity contribution in [3.8, 4) is 5.75 Å². The summed E-state index contributed by atoms with van der Waals surface area (Å²) in [6.45, 7) is 19.0. The fourth-order valence-electron chi connectivity index (χ4n) is 3.38. The maximum Gasteiger partial charge on any atom is 0.228 e. The number of aromatic hydroxyl groups is 1. The minimum atomic E-state index is -0.209. The van der Waals surface area contributed by atoms with Gasteiger partial charge in [-0.1, -0.05) is 94.0 Å². The molecule has 2 N–H and O–H groups in total. The van der Waals surface area contributed by atoms with Crippen LogP contribution < -0.4 is 5.32 Å². The van der Waals surface area contributed by atoms with Gasteiger partial charge in [-0.2, -0.15) is 0 Å². The van der Waals surface area contributed by atoms with Gasteiger partial charge in [0, 0.05) is 5.69 Å². The SMILES string of the molecule is C.CC(C)(C)c1ccc(NC(=O)Cc2cc(C(C)(C)C)c(O)c(C(C)(C)C)c2)cc1. The molecule has 0 aliphatic heterocycles. The molecule has 166 valence electrons. The maximum absolute atomic E-state index is 12.7. The zero-order valence-corrected chi connectivity index (χ0v) is 19.5. The molecule has 0 radical (unpaired) electrons. The second kappa shape index (κ2) is 8.83. The molecule has 0 spiro atoms. The number of anilines is 1. The molecule has 0 aromatic heterocycles. The van der Waals surface area contributed by atoms with Gasteiger partial charge in [0.05, 0.1) is 6.42 Å². The van der Waals surface area contributed by atoms with E-state index in [-0.39, 0.29) is 36.0 Å². The topological polar surface area (TPSA) is 49.3 Å². The zero-order chi connectivity index (χ0) is 22.2. The van der Waals surface area contributed by atoms with Crippen LogP contribution in [0.1, 0.15) is 92.0 Å². The highest BCUT2D eigenvalue weighted by molar-refractivity contribution is 5.92. The molecule has 0 fully saturated rings. The van der Waals surface area contributed by atoms with Gasteiger partial charge >= 0.3 is 0 Å². The van der Waals surface area contributed by atoms with Gasteiger partial charge < -0.3 is 10.4 Å². The molecule has 0 saturated heterocycles. The zero-order valence-electron chi connectivity index (χ0n) is 19.5. The van der Waals surface area contributed by atoms with Crippen molar-refractivity contribution in [1.82, 2.24) is 0 Å². The number of carbonyl (C=O) groups is 1. The lowest BCUT2D eigenvalue weighted by Gasteiger charge is -2.28. The van der Waals surface area contributed by atoms with Crippen LogP contribution in [-0.2, 0) is 27.5 Å². The van der Waals surface area contributed by atoms with Crippen molar-refractivity contribution in [2.24, 2.45) is 0 Å². The molecule has 0 unspecified atom stereocenters. The molecule has 0 atom stereocenters. The number of carbonyl (C=O) groups excluding carboxylic acids is 1. The second-order valence-corrected chi connectivity index (χ2v) is 11.1. The molecule has 1 amide bonds. The van der Waals surface area contributed by atoms with Crippen molar-refractivity contribution in [1.29, 1.82) is 0 Å². The fourth-order valence-corrected chi connectivity index (χ4v) is 3.38. The molecule has 0 aliphatic carbocycles. The van der Waals surface area contributed by atoms with Gasteiger partial charge in [-0.3, -0.25) is 4.79 Å². The average Bonchev–Trinajstić information content (AvgIpc) is 2.53. The Morgan fingerprint density at radius 2 is 1.23 bits per heavy atom. The quantitative estimate of drug-likeness (QED) is 0.566. The summed E-state index contributed by atoms with van der Waals surface area (Å²) in [5.74, 6) is 0.283. The first-order chi connectivity index (χ1) is 13.1. The summed E-state index contributed by atoms with van der Waals surface area (Å²) in [7, 11) is 0. The third kappa shape index (κ3) is 6.35. The molecule has 30 heavy (non-hydrogen) atoms. The number of phenols is 1. The Morgan fingerprint density at radius 3 is 1.60 bits per heavy atom. The molecule has 0 saturated carbocycles. The van der Waals surface area contributed by atoms with Crippen molar-refractivity contribution in [3.05, 3.63) is 58.7 Å².